The first-order valence-electron chi connectivity index (χ1n) is 11.2. The van der Waals surface area contributed by atoms with E-state index in [9.17, 15) is 18.7 Å². The molecule has 3 atom stereocenters. The van der Waals surface area contributed by atoms with Crippen LogP contribution in [-0.4, -0.2) is 29.7 Å². The van der Waals surface area contributed by atoms with Gasteiger partial charge >= 0.3 is 0 Å². The fourth-order valence-corrected chi connectivity index (χ4v) is 5.22. The van der Waals surface area contributed by atoms with E-state index < -0.39 is 23.8 Å². The second kappa shape index (κ2) is 10.5. The Morgan fingerprint density at radius 3 is 2.64 bits per heavy atom. The minimum atomic E-state index is -0.925. The van der Waals surface area contributed by atoms with Crippen LogP contribution in [0.4, 0.5) is 8.78 Å². The number of aryl methyl sites for hydroxylation is 1. The summed E-state index contributed by atoms with van der Waals surface area (Å²) in [7, 11) is 0. The van der Waals surface area contributed by atoms with Gasteiger partial charge in [-0.15, -0.1) is 0 Å². The van der Waals surface area contributed by atoms with Gasteiger partial charge in [-0.05, 0) is 88.5 Å². The van der Waals surface area contributed by atoms with Crippen LogP contribution >= 0.6 is 11.3 Å². The number of carbonyl (C=O) groups is 1. The van der Waals surface area contributed by atoms with Gasteiger partial charge < -0.3 is 15.7 Å². The SMILES string of the molecule is CC(=O)NC(Cc1cc(F)cc(F)c1)C(O)CNC1CCCc2ccc(-c3ccsc3)cc21. The molecule has 1 amide bonds. The molecular formula is C26H28F2N2O2S. The van der Waals surface area contributed by atoms with Gasteiger partial charge in [-0.3, -0.25) is 4.79 Å². The first-order chi connectivity index (χ1) is 15.9. The predicted molar refractivity (Wildman–Crippen MR) is 127 cm³/mol. The lowest BCUT2D eigenvalue weighted by atomic mass is 9.85. The van der Waals surface area contributed by atoms with E-state index in [2.05, 4.69) is 45.7 Å². The quantitative estimate of drug-likeness (QED) is 0.445. The van der Waals surface area contributed by atoms with Crippen molar-refractivity contribution < 1.29 is 18.7 Å². The van der Waals surface area contributed by atoms with Crippen molar-refractivity contribution in [3.63, 3.8) is 0 Å². The average molecular weight is 471 g/mol. The average Bonchev–Trinajstić information content (AvgIpc) is 3.30. The molecule has 0 saturated carbocycles. The van der Waals surface area contributed by atoms with Gasteiger partial charge in [0.25, 0.3) is 0 Å². The van der Waals surface area contributed by atoms with E-state index in [1.54, 1.807) is 11.3 Å². The standard InChI is InChI=1S/C26H28F2N2O2S/c1-16(31)30-25(11-17-9-21(27)13-22(28)10-17)26(32)14-29-24-4-2-3-18-5-6-19(12-23(18)24)20-7-8-33-15-20/h5-10,12-13,15,24-26,29,32H,2-4,11,14H2,1H3,(H,30,31). The summed E-state index contributed by atoms with van der Waals surface area (Å²) in [5.41, 5.74) is 5.30. The number of hydrogen-bond donors (Lipinski definition) is 3. The molecule has 0 bridgehead atoms. The van der Waals surface area contributed by atoms with Crippen LogP contribution in [0.2, 0.25) is 0 Å². The first-order valence-corrected chi connectivity index (χ1v) is 12.1. The number of rotatable bonds is 8. The fourth-order valence-electron chi connectivity index (χ4n) is 4.55. The van der Waals surface area contributed by atoms with Crippen molar-refractivity contribution in [3.05, 3.63) is 81.5 Å². The zero-order chi connectivity index (χ0) is 23.4. The fraction of sp³-hybridized carbons (Fsp3) is 0.346. The highest BCUT2D eigenvalue weighted by molar-refractivity contribution is 7.08. The summed E-state index contributed by atoms with van der Waals surface area (Å²) < 4.78 is 27.2. The Morgan fingerprint density at radius 1 is 1.15 bits per heavy atom. The third-order valence-electron chi connectivity index (χ3n) is 6.12. The maximum atomic E-state index is 13.6. The van der Waals surface area contributed by atoms with E-state index in [4.69, 9.17) is 0 Å². The topological polar surface area (TPSA) is 61.4 Å². The Kier molecular flexibility index (Phi) is 7.53. The second-order valence-electron chi connectivity index (χ2n) is 8.63. The van der Waals surface area contributed by atoms with Crippen molar-refractivity contribution in [2.24, 2.45) is 0 Å². The third-order valence-corrected chi connectivity index (χ3v) is 6.80. The summed E-state index contributed by atoms with van der Waals surface area (Å²) in [6, 6.07) is 11.3. The molecule has 33 heavy (non-hydrogen) atoms. The summed E-state index contributed by atoms with van der Waals surface area (Å²) >= 11 is 1.67. The van der Waals surface area contributed by atoms with E-state index in [0.29, 0.717) is 5.56 Å². The van der Waals surface area contributed by atoms with Gasteiger partial charge in [0.1, 0.15) is 11.6 Å². The summed E-state index contributed by atoms with van der Waals surface area (Å²) in [4.78, 5) is 11.7. The number of aliphatic hydroxyl groups is 1. The lowest BCUT2D eigenvalue weighted by Crippen LogP contribution is -2.48. The molecule has 1 aliphatic rings. The molecule has 4 rings (SSSR count). The van der Waals surface area contributed by atoms with Crippen molar-refractivity contribution in [1.29, 1.82) is 0 Å². The molecule has 0 saturated heterocycles. The maximum absolute atomic E-state index is 13.6. The molecule has 0 aliphatic heterocycles. The number of amides is 1. The van der Waals surface area contributed by atoms with Crippen LogP contribution in [0.5, 0.6) is 0 Å². The highest BCUT2D eigenvalue weighted by atomic mass is 32.1. The lowest BCUT2D eigenvalue weighted by molar-refractivity contribution is -0.120. The Hall–Kier alpha value is -2.61. The first kappa shape index (κ1) is 23.5. The number of thiophene rings is 1. The molecule has 2 aromatic carbocycles. The zero-order valence-corrected chi connectivity index (χ0v) is 19.3. The molecule has 174 valence electrons. The third kappa shape index (κ3) is 6.05. The van der Waals surface area contributed by atoms with E-state index in [1.807, 2.05) is 0 Å². The van der Waals surface area contributed by atoms with Gasteiger partial charge in [0, 0.05) is 25.6 Å². The highest BCUT2D eigenvalue weighted by Gasteiger charge is 2.25. The van der Waals surface area contributed by atoms with Crippen LogP contribution in [0.15, 0.2) is 53.2 Å². The highest BCUT2D eigenvalue weighted by Crippen LogP contribution is 2.34. The smallest absolute Gasteiger partial charge is 0.217 e. The normalized spacial score (nSPS) is 17.3. The molecule has 0 fully saturated rings. The van der Waals surface area contributed by atoms with Gasteiger partial charge in [0.2, 0.25) is 5.91 Å². The van der Waals surface area contributed by atoms with Crippen LogP contribution < -0.4 is 10.6 Å². The van der Waals surface area contributed by atoms with Crippen LogP contribution in [0.25, 0.3) is 11.1 Å². The molecule has 3 N–H and O–H groups in total. The summed E-state index contributed by atoms with van der Waals surface area (Å²) in [5.74, 6) is -1.67. The summed E-state index contributed by atoms with van der Waals surface area (Å²) in [5, 5.41) is 21.3. The molecule has 1 heterocycles. The van der Waals surface area contributed by atoms with Crippen LogP contribution in [0.3, 0.4) is 0 Å². The van der Waals surface area contributed by atoms with Gasteiger partial charge in [-0.1, -0.05) is 12.1 Å². The van der Waals surface area contributed by atoms with Crippen molar-refractivity contribution in [2.45, 2.75) is 50.8 Å². The van der Waals surface area contributed by atoms with Gasteiger partial charge in [0.15, 0.2) is 0 Å². The minimum Gasteiger partial charge on any atom is -0.390 e. The number of halogens is 2. The molecular weight excluding hydrogens is 442 g/mol. The molecule has 3 unspecified atom stereocenters. The monoisotopic (exact) mass is 470 g/mol. The van der Waals surface area contributed by atoms with Gasteiger partial charge in [-0.25, -0.2) is 8.78 Å². The Labute approximate surface area is 196 Å². The minimum absolute atomic E-state index is 0.0894. The van der Waals surface area contributed by atoms with Crippen LogP contribution in [-0.2, 0) is 17.6 Å². The number of fused-ring (bicyclic) bond motifs is 1. The molecule has 7 heteroatoms. The largest absolute Gasteiger partial charge is 0.390 e. The number of nitrogens with one attached hydrogen (secondary N) is 2. The molecule has 1 aromatic heterocycles. The van der Waals surface area contributed by atoms with Crippen molar-refractivity contribution in [2.75, 3.05) is 6.54 Å². The van der Waals surface area contributed by atoms with Gasteiger partial charge in [-0.2, -0.15) is 11.3 Å². The number of hydrogen-bond acceptors (Lipinski definition) is 4. The van der Waals surface area contributed by atoms with Crippen LogP contribution in [0.1, 0.15) is 42.5 Å². The maximum Gasteiger partial charge on any atom is 0.217 e. The Morgan fingerprint density at radius 2 is 1.94 bits per heavy atom. The van der Waals surface area contributed by atoms with Crippen LogP contribution in [0, 0.1) is 11.6 Å². The summed E-state index contributed by atoms with van der Waals surface area (Å²) in [6.07, 6.45) is 2.23. The molecule has 0 spiro atoms. The predicted octanol–water partition coefficient (Wildman–Crippen LogP) is 4.77. The van der Waals surface area contributed by atoms with Crippen molar-refractivity contribution >= 4 is 17.2 Å². The lowest BCUT2D eigenvalue weighted by Gasteiger charge is -2.30. The molecule has 3 aromatic rings. The van der Waals surface area contributed by atoms with Gasteiger partial charge in [0.05, 0.1) is 12.1 Å². The Balaban J connectivity index is 1.47. The number of aliphatic hydroxyl groups excluding tert-OH is 1. The Bertz CT molecular complexity index is 1080. The second-order valence-corrected chi connectivity index (χ2v) is 9.41. The number of benzene rings is 2. The van der Waals surface area contributed by atoms with E-state index in [1.165, 1.54) is 41.3 Å². The van der Waals surface area contributed by atoms with Crippen molar-refractivity contribution in [1.82, 2.24) is 10.6 Å². The van der Waals surface area contributed by atoms with Crippen molar-refractivity contribution in [3.8, 4) is 11.1 Å². The molecule has 1 aliphatic carbocycles. The van der Waals surface area contributed by atoms with E-state index >= 15 is 0 Å². The summed E-state index contributed by atoms with van der Waals surface area (Å²) in [6.45, 7) is 1.61. The van der Waals surface area contributed by atoms with E-state index in [0.717, 1.165) is 25.3 Å². The zero-order valence-electron chi connectivity index (χ0n) is 18.5. The van der Waals surface area contributed by atoms with E-state index in [-0.39, 0.29) is 24.9 Å². The molecule has 0 radical (unpaired) electrons. The molecule has 4 nitrogen and oxygen atoms in total. The number of carbonyl (C=O) groups excluding carboxylic acids is 1.